The van der Waals surface area contributed by atoms with Crippen molar-refractivity contribution >= 4 is 28.9 Å². The fraction of sp³-hybridized carbons (Fsp3) is 0.517. The summed E-state index contributed by atoms with van der Waals surface area (Å²) in [5.74, 6) is 0.828. The minimum absolute atomic E-state index is 0.0122. The zero-order chi connectivity index (χ0) is 25.3. The Morgan fingerprint density at radius 1 is 0.917 bits per heavy atom. The summed E-state index contributed by atoms with van der Waals surface area (Å²) in [6.45, 7) is 5.45. The topological polar surface area (TPSA) is 73.9 Å². The van der Waals surface area contributed by atoms with E-state index < -0.39 is 0 Å². The number of amides is 2. The molecule has 0 unspecified atom stereocenters. The number of carbonyl (C=O) groups excluding carboxylic acids is 2. The van der Waals surface area contributed by atoms with Gasteiger partial charge in [0.25, 0.3) is 5.91 Å². The van der Waals surface area contributed by atoms with Crippen LogP contribution in [0.4, 0.5) is 17.1 Å². The lowest BCUT2D eigenvalue weighted by Crippen LogP contribution is -2.47. The molecular formula is C29H40N4O3. The molecule has 0 radical (unpaired) electrons. The second-order valence-electron chi connectivity index (χ2n) is 9.84. The number of carbonyl (C=O) groups is 2. The number of ether oxygens (including phenoxy) is 1. The number of hydrogen-bond donors (Lipinski definition) is 2. The highest BCUT2D eigenvalue weighted by molar-refractivity contribution is 6.02. The number of piperazine rings is 1. The van der Waals surface area contributed by atoms with E-state index in [4.69, 9.17) is 4.74 Å². The van der Waals surface area contributed by atoms with Crippen molar-refractivity contribution in [1.29, 1.82) is 0 Å². The molecule has 2 aromatic rings. The fourth-order valence-corrected chi connectivity index (χ4v) is 4.75. The number of benzene rings is 2. The van der Waals surface area contributed by atoms with E-state index in [0.717, 1.165) is 69.0 Å². The van der Waals surface area contributed by atoms with E-state index in [2.05, 4.69) is 33.4 Å². The monoisotopic (exact) mass is 492 g/mol. The molecule has 0 aromatic heterocycles. The highest BCUT2D eigenvalue weighted by Crippen LogP contribution is 2.31. The number of nitrogens with one attached hydrogen (secondary N) is 2. The van der Waals surface area contributed by atoms with Gasteiger partial charge in [-0.2, -0.15) is 0 Å². The van der Waals surface area contributed by atoms with Crippen LogP contribution in [0.25, 0.3) is 0 Å². The van der Waals surface area contributed by atoms with Gasteiger partial charge in [-0.05, 0) is 49.6 Å². The Kier molecular flexibility index (Phi) is 9.09. The van der Waals surface area contributed by atoms with Crippen molar-refractivity contribution in [2.24, 2.45) is 0 Å². The van der Waals surface area contributed by atoms with Gasteiger partial charge in [0, 0.05) is 50.0 Å². The third-order valence-corrected chi connectivity index (χ3v) is 6.99. The average molecular weight is 493 g/mol. The summed E-state index contributed by atoms with van der Waals surface area (Å²) in [6.07, 6.45) is 8.15. The van der Waals surface area contributed by atoms with E-state index in [9.17, 15) is 9.59 Å². The first kappa shape index (κ1) is 25.9. The Morgan fingerprint density at radius 3 is 2.31 bits per heavy atom. The van der Waals surface area contributed by atoms with Gasteiger partial charge in [0.2, 0.25) is 5.91 Å². The van der Waals surface area contributed by atoms with Crippen LogP contribution in [-0.4, -0.2) is 51.1 Å². The van der Waals surface area contributed by atoms with Gasteiger partial charge in [-0.3, -0.25) is 9.59 Å². The van der Waals surface area contributed by atoms with Crippen molar-refractivity contribution in [2.45, 2.75) is 64.3 Å². The summed E-state index contributed by atoms with van der Waals surface area (Å²) in [6, 6.07) is 14.1. The number of anilines is 3. The number of hydrogen-bond acceptors (Lipinski definition) is 5. The normalized spacial score (nSPS) is 15.5. The van der Waals surface area contributed by atoms with Gasteiger partial charge in [-0.1, -0.05) is 44.7 Å². The molecule has 4 rings (SSSR count). The molecule has 1 aliphatic heterocycles. The SMILES string of the molecule is CCCCCCCC(=O)Nc1ccc(N2CCN(c3ccccc3OC)CC2)c(C(=O)NC2CC2)c1. The van der Waals surface area contributed by atoms with Crippen molar-refractivity contribution in [3.05, 3.63) is 48.0 Å². The molecule has 0 bridgehead atoms. The van der Waals surface area contributed by atoms with Crippen LogP contribution in [0.1, 0.15) is 68.6 Å². The van der Waals surface area contributed by atoms with Gasteiger partial charge < -0.3 is 25.2 Å². The fourth-order valence-electron chi connectivity index (χ4n) is 4.75. The number of para-hydroxylation sites is 2. The Hall–Kier alpha value is -3.22. The van der Waals surface area contributed by atoms with Crippen molar-refractivity contribution in [3.63, 3.8) is 0 Å². The minimum atomic E-state index is -0.0599. The van der Waals surface area contributed by atoms with Gasteiger partial charge in [-0.25, -0.2) is 0 Å². The van der Waals surface area contributed by atoms with Crippen LogP contribution >= 0.6 is 0 Å². The van der Waals surface area contributed by atoms with Gasteiger partial charge in [0.15, 0.2) is 0 Å². The summed E-state index contributed by atoms with van der Waals surface area (Å²) in [5.41, 5.74) is 3.34. The second-order valence-corrected chi connectivity index (χ2v) is 9.84. The zero-order valence-corrected chi connectivity index (χ0v) is 21.7. The summed E-state index contributed by atoms with van der Waals surface area (Å²) in [4.78, 5) is 30.2. The van der Waals surface area contributed by atoms with Crippen LogP contribution in [0, 0.1) is 0 Å². The molecule has 1 heterocycles. The molecular weight excluding hydrogens is 452 g/mol. The van der Waals surface area contributed by atoms with E-state index in [1.807, 2.05) is 36.4 Å². The zero-order valence-electron chi connectivity index (χ0n) is 21.7. The van der Waals surface area contributed by atoms with Crippen LogP contribution < -0.4 is 25.2 Å². The molecule has 2 N–H and O–H groups in total. The lowest BCUT2D eigenvalue weighted by Gasteiger charge is -2.38. The van der Waals surface area contributed by atoms with Crippen molar-refractivity contribution < 1.29 is 14.3 Å². The average Bonchev–Trinajstić information content (AvgIpc) is 3.72. The number of nitrogens with zero attached hydrogens (tertiary/aromatic N) is 2. The molecule has 7 heteroatoms. The molecule has 2 aromatic carbocycles. The molecule has 194 valence electrons. The first-order valence-corrected chi connectivity index (χ1v) is 13.5. The van der Waals surface area contributed by atoms with Gasteiger partial charge in [0.1, 0.15) is 5.75 Å². The second kappa shape index (κ2) is 12.7. The third-order valence-electron chi connectivity index (χ3n) is 6.99. The number of unbranched alkanes of at least 4 members (excludes halogenated alkanes) is 4. The lowest BCUT2D eigenvalue weighted by molar-refractivity contribution is -0.116. The molecule has 1 saturated heterocycles. The van der Waals surface area contributed by atoms with Crippen molar-refractivity contribution in [2.75, 3.05) is 48.4 Å². The highest BCUT2D eigenvalue weighted by atomic mass is 16.5. The summed E-state index contributed by atoms with van der Waals surface area (Å²) >= 11 is 0. The van der Waals surface area contributed by atoms with E-state index in [-0.39, 0.29) is 17.9 Å². The molecule has 1 aliphatic carbocycles. The van der Waals surface area contributed by atoms with Gasteiger partial charge >= 0.3 is 0 Å². The van der Waals surface area contributed by atoms with Crippen LogP contribution in [0.3, 0.4) is 0 Å². The van der Waals surface area contributed by atoms with E-state index in [1.54, 1.807) is 7.11 Å². The van der Waals surface area contributed by atoms with E-state index >= 15 is 0 Å². The van der Waals surface area contributed by atoms with Crippen molar-refractivity contribution in [1.82, 2.24) is 5.32 Å². The van der Waals surface area contributed by atoms with Crippen LogP contribution in [-0.2, 0) is 4.79 Å². The Bertz CT molecular complexity index is 1030. The summed E-state index contributed by atoms with van der Waals surface area (Å²) in [5, 5.41) is 6.14. The quantitative estimate of drug-likeness (QED) is 0.398. The maximum absolute atomic E-state index is 13.2. The summed E-state index contributed by atoms with van der Waals surface area (Å²) < 4.78 is 5.55. The molecule has 2 fully saturated rings. The van der Waals surface area contributed by atoms with Crippen molar-refractivity contribution in [3.8, 4) is 5.75 Å². The lowest BCUT2D eigenvalue weighted by atomic mass is 10.1. The van der Waals surface area contributed by atoms with Crippen LogP contribution in [0.2, 0.25) is 0 Å². The van der Waals surface area contributed by atoms with E-state index in [1.165, 1.54) is 19.3 Å². The molecule has 2 aliphatic rings. The number of rotatable bonds is 12. The Morgan fingerprint density at radius 2 is 1.61 bits per heavy atom. The smallest absolute Gasteiger partial charge is 0.253 e. The van der Waals surface area contributed by atoms with Crippen LogP contribution in [0.15, 0.2) is 42.5 Å². The minimum Gasteiger partial charge on any atom is -0.495 e. The number of methoxy groups -OCH3 is 1. The van der Waals surface area contributed by atoms with E-state index in [0.29, 0.717) is 17.7 Å². The summed E-state index contributed by atoms with van der Waals surface area (Å²) in [7, 11) is 1.70. The third kappa shape index (κ3) is 6.93. The molecule has 0 atom stereocenters. The molecule has 7 nitrogen and oxygen atoms in total. The first-order valence-electron chi connectivity index (χ1n) is 13.5. The molecule has 2 amide bonds. The predicted molar refractivity (Wildman–Crippen MR) is 146 cm³/mol. The predicted octanol–water partition coefficient (Wildman–Crippen LogP) is 5.21. The maximum atomic E-state index is 13.2. The standard InChI is InChI=1S/C29H40N4O3/c1-3-4-5-6-7-12-28(34)30-23-15-16-25(24(21-23)29(35)31-22-13-14-22)32-17-19-33(20-18-32)26-10-8-9-11-27(26)36-2/h8-11,15-16,21-22H,3-7,12-14,17-20H2,1-2H3,(H,30,34)(H,31,35). The van der Waals surface area contributed by atoms with Crippen LogP contribution in [0.5, 0.6) is 5.75 Å². The first-order chi connectivity index (χ1) is 17.6. The van der Waals surface area contributed by atoms with Gasteiger partial charge in [0.05, 0.1) is 18.4 Å². The van der Waals surface area contributed by atoms with Gasteiger partial charge in [-0.15, -0.1) is 0 Å². The highest BCUT2D eigenvalue weighted by Gasteiger charge is 2.27. The Labute approximate surface area is 215 Å². The largest absolute Gasteiger partial charge is 0.495 e. The molecule has 0 spiro atoms. The molecule has 36 heavy (non-hydrogen) atoms. The maximum Gasteiger partial charge on any atom is 0.253 e. The molecule has 1 saturated carbocycles. The Balaban J connectivity index is 1.42.